The second-order valence-corrected chi connectivity index (χ2v) is 11.5. The average molecular weight is 460 g/mol. The molecule has 3 heterocycles. The van der Waals surface area contributed by atoms with E-state index in [1.165, 1.54) is 6.42 Å². The summed E-state index contributed by atoms with van der Waals surface area (Å²) in [6.07, 6.45) is 8.53. The van der Waals surface area contributed by atoms with Gasteiger partial charge >= 0.3 is 0 Å². The fourth-order valence-corrected chi connectivity index (χ4v) is 7.12. The van der Waals surface area contributed by atoms with Gasteiger partial charge in [-0.3, -0.25) is 9.69 Å². The fraction of sp³-hybridized carbons (Fsp3) is 0.696. The Labute approximate surface area is 191 Å². The Bertz CT molecular complexity index is 955. The van der Waals surface area contributed by atoms with Crippen LogP contribution in [0.15, 0.2) is 18.3 Å². The van der Waals surface area contributed by atoms with Crippen LogP contribution in [-0.4, -0.2) is 85.4 Å². The van der Waals surface area contributed by atoms with Gasteiger partial charge in [0.05, 0.1) is 23.6 Å². The van der Waals surface area contributed by atoms with Gasteiger partial charge < -0.3 is 9.80 Å². The summed E-state index contributed by atoms with van der Waals surface area (Å²) < 4.78 is 24.3. The van der Waals surface area contributed by atoms with Crippen LogP contribution in [0.1, 0.15) is 50.5 Å². The molecule has 1 saturated carbocycles. The standard InChI is InChI=1S/C23H33N5O3S/c24-16-19-6-4-10-25-23(19)27-12-5-11-26(13-14-27)17-22(29)28(20-7-2-1-3-8-20)21-9-15-32(30,31)18-21/h4,6,10,20-21H,1-3,5,7-9,11-15,17-18H2. The summed E-state index contributed by atoms with van der Waals surface area (Å²) in [4.78, 5) is 24.2. The summed E-state index contributed by atoms with van der Waals surface area (Å²) >= 11 is 0. The zero-order valence-corrected chi connectivity index (χ0v) is 19.5. The topological polar surface area (TPSA) is 97.6 Å². The molecular formula is C23H33N5O3S. The first-order valence-electron chi connectivity index (χ1n) is 11.8. The molecule has 4 rings (SSSR count). The molecule has 0 N–H and O–H groups in total. The highest BCUT2D eigenvalue weighted by Gasteiger charge is 2.38. The van der Waals surface area contributed by atoms with E-state index in [1.807, 2.05) is 4.90 Å². The predicted molar refractivity (Wildman–Crippen MR) is 123 cm³/mol. The van der Waals surface area contributed by atoms with Gasteiger partial charge in [-0.1, -0.05) is 19.3 Å². The van der Waals surface area contributed by atoms with Gasteiger partial charge in [-0.05, 0) is 37.8 Å². The summed E-state index contributed by atoms with van der Waals surface area (Å²) in [7, 11) is -3.04. The Morgan fingerprint density at radius 2 is 1.91 bits per heavy atom. The van der Waals surface area contributed by atoms with Crippen LogP contribution in [0, 0.1) is 11.3 Å². The minimum atomic E-state index is -3.04. The Balaban J connectivity index is 1.42. The molecule has 8 nitrogen and oxygen atoms in total. The van der Waals surface area contributed by atoms with Crippen molar-refractivity contribution in [2.24, 2.45) is 0 Å². The molecule has 1 atom stereocenters. The molecule has 1 aliphatic carbocycles. The third-order valence-corrected chi connectivity index (χ3v) is 8.76. The van der Waals surface area contributed by atoms with Gasteiger partial charge in [0.15, 0.2) is 9.84 Å². The molecular weight excluding hydrogens is 426 g/mol. The number of carbonyl (C=O) groups is 1. The number of nitrogens with zero attached hydrogens (tertiary/aromatic N) is 5. The van der Waals surface area contributed by atoms with Crippen LogP contribution in [0.4, 0.5) is 5.82 Å². The predicted octanol–water partition coefficient (Wildman–Crippen LogP) is 1.81. The molecule has 3 fully saturated rings. The SMILES string of the molecule is N#Cc1cccnc1N1CCCN(CC(=O)N(C2CCCCC2)C2CCS(=O)(=O)C2)CC1. The summed E-state index contributed by atoms with van der Waals surface area (Å²) in [5.74, 6) is 1.09. The first-order chi connectivity index (χ1) is 15.5. The van der Waals surface area contributed by atoms with Crippen molar-refractivity contribution in [3.8, 4) is 6.07 Å². The van der Waals surface area contributed by atoms with Gasteiger partial charge in [-0.2, -0.15) is 5.26 Å². The number of carbonyl (C=O) groups excluding carboxylic acids is 1. The van der Waals surface area contributed by atoms with Gasteiger partial charge in [0.1, 0.15) is 11.9 Å². The first kappa shape index (κ1) is 23.0. The van der Waals surface area contributed by atoms with Crippen LogP contribution in [0.3, 0.4) is 0 Å². The fourth-order valence-electron chi connectivity index (χ4n) is 5.41. The van der Waals surface area contributed by atoms with Crippen molar-refractivity contribution < 1.29 is 13.2 Å². The van der Waals surface area contributed by atoms with Crippen molar-refractivity contribution in [2.75, 3.05) is 49.1 Å². The quantitative estimate of drug-likeness (QED) is 0.662. The average Bonchev–Trinajstić information content (AvgIpc) is 3.00. The zero-order valence-electron chi connectivity index (χ0n) is 18.7. The second-order valence-electron chi connectivity index (χ2n) is 9.25. The highest BCUT2D eigenvalue weighted by atomic mass is 32.2. The number of anilines is 1. The largest absolute Gasteiger partial charge is 0.354 e. The number of nitriles is 1. The first-order valence-corrected chi connectivity index (χ1v) is 13.6. The molecule has 0 radical (unpaired) electrons. The lowest BCUT2D eigenvalue weighted by molar-refractivity contribution is -0.137. The molecule has 2 aliphatic heterocycles. The van der Waals surface area contributed by atoms with Crippen LogP contribution < -0.4 is 4.90 Å². The third-order valence-electron chi connectivity index (χ3n) is 7.01. The maximum Gasteiger partial charge on any atom is 0.237 e. The Hall–Kier alpha value is -2.18. The number of amides is 1. The highest BCUT2D eigenvalue weighted by molar-refractivity contribution is 7.91. The van der Waals surface area contributed by atoms with E-state index in [0.29, 0.717) is 37.4 Å². The maximum absolute atomic E-state index is 13.5. The Kier molecular flexibility index (Phi) is 7.31. The molecule has 1 amide bonds. The summed E-state index contributed by atoms with van der Waals surface area (Å²) in [5, 5.41) is 9.40. The molecule has 9 heteroatoms. The molecule has 1 unspecified atom stereocenters. The zero-order chi connectivity index (χ0) is 22.6. The van der Waals surface area contributed by atoms with Crippen LogP contribution in [0.2, 0.25) is 0 Å². The second kappa shape index (κ2) is 10.2. The van der Waals surface area contributed by atoms with Crippen molar-refractivity contribution >= 4 is 21.6 Å². The van der Waals surface area contributed by atoms with Crippen molar-refractivity contribution in [3.63, 3.8) is 0 Å². The molecule has 2 saturated heterocycles. The molecule has 0 bridgehead atoms. The molecule has 174 valence electrons. The van der Waals surface area contributed by atoms with Gasteiger partial charge in [0, 0.05) is 44.5 Å². The lowest BCUT2D eigenvalue weighted by Crippen LogP contribution is -2.52. The minimum absolute atomic E-state index is 0.0722. The maximum atomic E-state index is 13.5. The highest BCUT2D eigenvalue weighted by Crippen LogP contribution is 2.29. The van der Waals surface area contributed by atoms with Gasteiger partial charge in [0.25, 0.3) is 0 Å². The Morgan fingerprint density at radius 3 is 2.62 bits per heavy atom. The van der Waals surface area contributed by atoms with E-state index in [9.17, 15) is 18.5 Å². The number of aromatic nitrogens is 1. The molecule has 1 aromatic rings. The number of pyridine rings is 1. The normalized spacial score (nSPS) is 24.6. The number of hydrogen-bond donors (Lipinski definition) is 0. The van der Waals surface area contributed by atoms with E-state index in [-0.39, 0.29) is 29.5 Å². The Morgan fingerprint density at radius 1 is 1.09 bits per heavy atom. The van der Waals surface area contributed by atoms with Crippen LogP contribution in [0.5, 0.6) is 0 Å². The molecule has 3 aliphatic rings. The monoisotopic (exact) mass is 459 g/mol. The van der Waals surface area contributed by atoms with Gasteiger partial charge in [-0.15, -0.1) is 0 Å². The van der Waals surface area contributed by atoms with Gasteiger partial charge in [0.2, 0.25) is 5.91 Å². The number of hydrogen-bond acceptors (Lipinski definition) is 7. The van der Waals surface area contributed by atoms with Crippen molar-refractivity contribution in [1.82, 2.24) is 14.8 Å². The smallest absolute Gasteiger partial charge is 0.237 e. The lowest BCUT2D eigenvalue weighted by atomic mass is 9.92. The molecule has 0 aromatic carbocycles. The van der Waals surface area contributed by atoms with Crippen LogP contribution in [-0.2, 0) is 14.6 Å². The van der Waals surface area contributed by atoms with Gasteiger partial charge in [-0.25, -0.2) is 13.4 Å². The van der Waals surface area contributed by atoms with Crippen molar-refractivity contribution in [1.29, 1.82) is 5.26 Å². The van der Waals surface area contributed by atoms with Crippen LogP contribution in [0.25, 0.3) is 0 Å². The molecule has 1 aromatic heterocycles. The minimum Gasteiger partial charge on any atom is -0.354 e. The lowest BCUT2D eigenvalue weighted by Gasteiger charge is -2.39. The van der Waals surface area contributed by atoms with E-state index in [2.05, 4.69) is 20.9 Å². The van der Waals surface area contributed by atoms with Crippen molar-refractivity contribution in [2.45, 2.75) is 57.0 Å². The number of rotatable bonds is 5. The third kappa shape index (κ3) is 5.41. The van der Waals surface area contributed by atoms with E-state index >= 15 is 0 Å². The summed E-state index contributed by atoms with van der Waals surface area (Å²) in [6.45, 7) is 3.35. The van der Waals surface area contributed by atoms with Crippen LogP contribution >= 0.6 is 0 Å². The summed E-state index contributed by atoms with van der Waals surface area (Å²) in [5.41, 5.74) is 0.572. The molecule has 32 heavy (non-hydrogen) atoms. The van der Waals surface area contributed by atoms with E-state index in [4.69, 9.17) is 0 Å². The number of sulfone groups is 1. The van der Waals surface area contributed by atoms with E-state index in [1.54, 1.807) is 18.3 Å². The van der Waals surface area contributed by atoms with E-state index < -0.39 is 9.84 Å². The summed E-state index contributed by atoms with van der Waals surface area (Å²) in [6, 6.07) is 5.77. The molecule has 0 spiro atoms. The van der Waals surface area contributed by atoms with Crippen molar-refractivity contribution in [3.05, 3.63) is 23.9 Å². The van der Waals surface area contributed by atoms with E-state index in [0.717, 1.165) is 45.2 Å².